The number of aromatic nitrogens is 1. The lowest BCUT2D eigenvalue weighted by Gasteiger charge is -2.27. The smallest absolute Gasteiger partial charge is 0.238 e. The number of thiophene rings is 1. The Morgan fingerprint density at radius 2 is 2.00 bits per heavy atom. The third-order valence-electron chi connectivity index (χ3n) is 5.68. The molecule has 6 nitrogen and oxygen atoms in total. The molecule has 0 spiro atoms. The molecule has 4 aromatic rings. The number of nitrogens with zero attached hydrogens (tertiary/aromatic N) is 1. The first-order valence-corrected chi connectivity index (χ1v) is 14.0. The number of hydrogen-bond donors (Lipinski definition) is 1. The highest BCUT2D eigenvalue weighted by molar-refractivity contribution is 7.98. The highest BCUT2D eigenvalue weighted by atomic mass is 32.2. The molecule has 1 aliphatic rings. The number of sulfonamides is 1. The largest absolute Gasteiger partial charge is 0.490 e. The number of thioether (sulfide) groups is 1. The topological polar surface area (TPSA) is 91.5 Å². The van der Waals surface area contributed by atoms with Crippen LogP contribution in [0.1, 0.15) is 22.8 Å². The minimum absolute atomic E-state index is 0.00425. The van der Waals surface area contributed by atoms with Crippen LogP contribution in [-0.2, 0) is 10.0 Å². The van der Waals surface area contributed by atoms with Gasteiger partial charge in [0.1, 0.15) is 6.10 Å². The Labute approximate surface area is 200 Å². The zero-order valence-electron chi connectivity index (χ0n) is 17.8. The van der Waals surface area contributed by atoms with Crippen LogP contribution in [0.2, 0.25) is 0 Å². The van der Waals surface area contributed by atoms with Gasteiger partial charge in [-0.05, 0) is 47.5 Å². The molecule has 2 aromatic heterocycles. The van der Waals surface area contributed by atoms with Crippen molar-refractivity contribution in [3.05, 3.63) is 77.4 Å². The van der Waals surface area contributed by atoms with E-state index in [0.29, 0.717) is 24.5 Å². The summed E-state index contributed by atoms with van der Waals surface area (Å²) >= 11 is 3.43. The van der Waals surface area contributed by atoms with E-state index in [9.17, 15) is 8.42 Å². The Hall–Kier alpha value is -2.59. The van der Waals surface area contributed by atoms with Gasteiger partial charge in [-0.25, -0.2) is 13.6 Å². The zero-order chi connectivity index (χ0) is 23.0. The van der Waals surface area contributed by atoms with Gasteiger partial charge in [0, 0.05) is 34.7 Å². The fourth-order valence-electron chi connectivity index (χ4n) is 4.14. The van der Waals surface area contributed by atoms with Crippen LogP contribution in [0.25, 0.3) is 10.1 Å². The van der Waals surface area contributed by atoms with Gasteiger partial charge in [-0.3, -0.25) is 4.98 Å². The van der Waals surface area contributed by atoms with Crippen molar-refractivity contribution in [1.29, 1.82) is 0 Å². The number of pyridine rings is 1. The van der Waals surface area contributed by atoms with Crippen molar-refractivity contribution in [3.63, 3.8) is 0 Å². The number of primary sulfonamides is 1. The molecule has 1 aliphatic heterocycles. The molecule has 0 saturated heterocycles. The molecule has 2 aromatic carbocycles. The zero-order valence-corrected chi connectivity index (χ0v) is 20.3. The summed E-state index contributed by atoms with van der Waals surface area (Å²) < 4.78 is 37.1. The van der Waals surface area contributed by atoms with Crippen molar-refractivity contribution < 1.29 is 17.9 Å². The maximum Gasteiger partial charge on any atom is 0.238 e. The molecule has 170 valence electrons. The Morgan fingerprint density at radius 1 is 1.15 bits per heavy atom. The minimum atomic E-state index is -3.83. The summed E-state index contributed by atoms with van der Waals surface area (Å²) in [4.78, 5) is 6.66. The molecular formula is C24H22N2O4S3. The van der Waals surface area contributed by atoms with E-state index in [1.807, 2.05) is 18.3 Å². The standard InChI is InChI=1S/C24H22N2O4S3/c1-31-21-5-3-2-4-17(21)24(22-12-15-8-10-26-14-23(15)32-22)19-9-11-29-20-13-16(33(25,27)28)6-7-18(20)30-19/h2-8,10,12-14,19,24H,9,11H2,1H3,(H2,25,27,28)/t19?,24-/m0/s1. The van der Waals surface area contributed by atoms with Crippen LogP contribution >= 0.6 is 23.1 Å². The van der Waals surface area contributed by atoms with Crippen molar-refractivity contribution in [2.45, 2.75) is 28.2 Å². The molecule has 0 bridgehead atoms. The van der Waals surface area contributed by atoms with Gasteiger partial charge in [-0.1, -0.05) is 18.2 Å². The Kier molecular flexibility index (Phi) is 6.05. The molecule has 9 heteroatoms. The number of hydrogen-bond acceptors (Lipinski definition) is 7. The molecule has 0 fully saturated rings. The average molecular weight is 499 g/mol. The second-order valence-electron chi connectivity index (χ2n) is 7.73. The maximum atomic E-state index is 11.8. The number of rotatable bonds is 5. The van der Waals surface area contributed by atoms with Crippen LogP contribution in [0, 0.1) is 0 Å². The van der Waals surface area contributed by atoms with Crippen molar-refractivity contribution >= 4 is 43.2 Å². The molecule has 0 saturated carbocycles. The van der Waals surface area contributed by atoms with Crippen molar-refractivity contribution in [2.24, 2.45) is 5.14 Å². The van der Waals surface area contributed by atoms with Crippen LogP contribution in [0.3, 0.4) is 0 Å². The van der Waals surface area contributed by atoms with E-state index < -0.39 is 10.0 Å². The van der Waals surface area contributed by atoms with Crippen LogP contribution in [0.15, 0.2) is 76.8 Å². The third-order valence-corrected chi connectivity index (χ3v) is 8.57. The van der Waals surface area contributed by atoms with E-state index in [2.05, 4.69) is 35.5 Å². The van der Waals surface area contributed by atoms with Crippen molar-refractivity contribution in [2.75, 3.05) is 12.9 Å². The predicted molar refractivity (Wildman–Crippen MR) is 132 cm³/mol. The van der Waals surface area contributed by atoms with Gasteiger partial charge in [0.2, 0.25) is 10.0 Å². The first-order chi connectivity index (χ1) is 15.9. The summed E-state index contributed by atoms with van der Waals surface area (Å²) in [6.07, 6.45) is 6.20. The number of ether oxygens (including phenoxy) is 2. The highest BCUT2D eigenvalue weighted by Gasteiger charge is 2.32. The minimum Gasteiger partial charge on any atom is -0.490 e. The maximum absolute atomic E-state index is 11.8. The SMILES string of the molecule is CSc1ccccc1[C@H](c1cc2ccncc2s1)C1CCOc2cc(S(N)(=O)=O)ccc2O1. The van der Waals surface area contributed by atoms with E-state index in [1.165, 1.54) is 27.5 Å². The van der Waals surface area contributed by atoms with Crippen LogP contribution in [0.5, 0.6) is 11.5 Å². The second-order valence-corrected chi connectivity index (χ2v) is 11.3. The predicted octanol–water partition coefficient (Wildman–Crippen LogP) is 5.03. The average Bonchev–Trinajstić information content (AvgIpc) is 3.11. The lowest BCUT2D eigenvalue weighted by atomic mass is 9.89. The normalized spacial score (nSPS) is 17.0. The molecular weight excluding hydrogens is 476 g/mol. The van der Waals surface area contributed by atoms with E-state index in [1.54, 1.807) is 35.4 Å². The highest BCUT2D eigenvalue weighted by Crippen LogP contribution is 2.44. The van der Waals surface area contributed by atoms with Gasteiger partial charge in [-0.15, -0.1) is 23.1 Å². The summed E-state index contributed by atoms with van der Waals surface area (Å²) in [5.74, 6) is 0.874. The van der Waals surface area contributed by atoms with Gasteiger partial charge in [0.05, 0.1) is 22.1 Å². The summed E-state index contributed by atoms with van der Waals surface area (Å²) in [7, 11) is -3.83. The molecule has 0 amide bonds. The van der Waals surface area contributed by atoms with Gasteiger partial charge >= 0.3 is 0 Å². The van der Waals surface area contributed by atoms with E-state index in [4.69, 9.17) is 14.6 Å². The third kappa shape index (κ3) is 4.46. The number of nitrogens with two attached hydrogens (primary N) is 1. The molecule has 5 rings (SSSR count). The van der Waals surface area contributed by atoms with Crippen molar-refractivity contribution in [3.8, 4) is 11.5 Å². The lowest BCUT2D eigenvalue weighted by Crippen LogP contribution is -2.27. The summed E-state index contributed by atoms with van der Waals surface area (Å²) in [5.41, 5.74) is 1.19. The number of benzene rings is 2. The quantitative estimate of drug-likeness (QED) is 0.388. The fraction of sp³-hybridized carbons (Fsp3) is 0.208. The summed E-state index contributed by atoms with van der Waals surface area (Å²) in [6, 6.07) is 17.1. The van der Waals surface area contributed by atoms with E-state index >= 15 is 0 Å². The molecule has 2 atom stereocenters. The van der Waals surface area contributed by atoms with Gasteiger partial charge < -0.3 is 9.47 Å². The molecule has 1 unspecified atom stereocenters. The molecule has 3 heterocycles. The van der Waals surface area contributed by atoms with Crippen LogP contribution in [-0.4, -0.2) is 32.4 Å². The summed E-state index contributed by atoms with van der Waals surface area (Å²) in [5, 5.41) is 6.45. The van der Waals surface area contributed by atoms with Crippen molar-refractivity contribution in [1.82, 2.24) is 4.98 Å². The van der Waals surface area contributed by atoms with Gasteiger partial charge in [-0.2, -0.15) is 0 Å². The van der Waals surface area contributed by atoms with E-state index in [0.717, 1.165) is 10.1 Å². The fourth-order valence-corrected chi connectivity index (χ4v) is 6.51. The molecule has 0 aliphatic carbocycles. The Bertz CT molecular complexity index is 1390. The molecule has 0 radical (unpaired) electrons. The molecule has 2 N–H and O–H groups in total. The first-order valence-electron chi connectivity index (χ1n) is 10.4. The summed E-state index contributed by atoms with van der Waals surface area (Å²) in [6.45, 7) is 0.399. The first kappa shape index (κ1) is 22.2. The van der Waals surface area contributed by atoms with E-state index in [-0.39, 0.29) is 16.9 Å². The second kappa shape index (κ2) is 8.98. The monoisotopic (exact) mass is 498 g/mol. The Morgan fingerprint density at radius 3 is 2.79 bits per heavy atom. The lowest BCUT2D eigenvalue weighted by molar-refractivity contribution is 0.173. The van der Waals surface area contributed by atoms with Gasteiger partial charge in [0.25, 0.3) is 0 Å². The van der Waals surface area contributed by atoms with Crippen LogP contribution < -0.4 is 14.6 Å². The Balaban J connectivity index is 1.61. The van der Waals surface area contributed by atoms with Crippen LogP contribution in [0.4, 0.5) is 0 Å². The van der Waals surface area contributed by atoms with Gasteiger partial charge in [0.15, 0.2) is 11.5 Å². The number of fused-ring (bicyclic) bond motifs is 2. The molecule has 33 heavy (non-hydrogen) atoms.